The van der Waals surface area contributed by atoms with Crippen molar-refractivity contribution in [3.8, 4) is 0 Å². The average molecular weight is 538 g/mol. The second kappa shape index (κ2) is 10.2. The smallest absolute Gasteiger partial charge is 0.305 e. The lowest BCUT2D eigenvalue weighted by molar-refractivity contribution is -0.137. The van der Waals surface area contributed by atoms with E-state index in [0.29, 0.717) is 0 Å². The number of rotatable bonds is 4. The first-order valence-electron chi connectivity index (χ1n) is 8.86. The van der Waals surface area contributed by atoms with Crippen molar-refractivity contribution >= 4 is 64.2 Å². The molecule has 0 heterocycles. The van der Waals surface area contributed by atoms with Crippen LogP contribution in [0.25, 0.3) is 0 Å². The summed E-state index contributed by atoms with van der Waals surface area (Å²) in [7, 11) is 0. The van der Waals surface area contributed by atoms with Crippen molar-refractivity contribution in [2.75, 3.05) is 5.32 Å². The highest BCUT2D eigenvalue weighted by Gasteiger charge is 2.31. The van der Waals surface area contributed by atoms with E-state index in [9.17, 15) is 27.2 Å². The minimum absolute atomic E-state index is 0.00917. The maximum absolute atomic E-state index is 14.5. The third-order valence-corrected chi connectivity index (χ3v) is 6.41. The Labute approximate surface area is 204 Å². The van der Waals surface area contributed by atoms with Gasteiger partial charge in [-0.3, -0.25) is 10.1 Å². The molecule has 0 aliphatic heterocycles. The summed E-state index contributed by atoms with van der Waals surface area (Å²) < 4.78 is 52.9. The summed E-state index contributed by atoms with van der Waals surface area (Å²) in [6, 6.07) is 9.81. The fourth-order valence-electron chi connectivity index (χ4n) is 2.55. The zero-order chi connectivity index (χ0) is 24.3. The SMILES string of the molecule is O=C(NC(=O)c1ccccc1Cl)Nc1cc(Cl)c(Sc2ccc(C(F)(F)F)cc2Cl)cc1F. The highest BCUT2D eigenvalue weighted by atomic mass is 35.5. The topological polar surface area (TPSA) is 58.2 Å². The molecule has 3 aromatic rings. The van der Waals surface area contributed by atoms with Crippen LogP contribution in [0.15, 0.2) is 64.4 Å². The van der Waals surface area contributed by atoms with Gasteiger partial charge in [-0.15, -0.1) is 0 Å². The quantitative estimate of drug-likeness (QED) is 0.332. The first kappa shape index (κ1) is 25.2. The zero-order valence-corrected chi connectivity index (χ0v) is 19.2. The number of imide groups is 1. The van der Waals surface area contributed by atoms with E-state index in [-0.39, 0.29) is 36.1 Å². The zero-order valence-electron chi connectivity index (χ0n) is 16.1. The van der Waals surface area contributed by atoms with Crippen LogP contribution in [0.1, 0.15) is 15.9 Å². The molecule has 0 aliphatic rings. The van der Waals surface area contributed by atoms with Gasteiger partial charge in [-0.1, -0.05) is 58.7 Å². The summed E-state index contributed by atoms with van der Waals surface area (Å²) in [6.07, 6.45) is -4.56. The number of carbonyl (C=O) groups excluding carboxylic acids is 2. The van der Waals surface area contributed by atoms with Crippen LogP contribution in [0.3, 0.4) is 0 Å². The highest BCUT2D eigenvalue weighted by Crippen LogP contribution is 2.41. The van der Waals surface area contributed by atoms with E-state index >= 15 is 0 Å². The molecule has 0 spiro atoms. The molecule has 2 N–H and O–H groups in total. The van der Waals surface area contributed by atoms with Crippen LogP contribution in [-0.4, -0.2) is 11.9 Å². The molecule has 0 aliphatic carbocycles. The van der Waals surface area contributed by atoms with Gasteiger partial charge in [0.25, 0.3) is 5.91 Å². The van der Waals surface area contributed by atoms with Gasteiger partial charge in [0.2, 0.25) is 0 Å². The summed E-state index contributed by atoms with van der Waals surface area (Å²) in [5.41, 5.74) is -1.20. The largest absolute Gasteiger partial charge is 0.416 e. The van der Waals surface area contributed by atoms with Crippen molar-refractivity contribution in [3.05, 3.63) is 86.6 Å². The number of carbonyl (C=O) groups is 2. The van der Waals surface area contributed by atoms with Crippen LogP contribution < -0.4 is 10.6 Å². The van der Waals surface area contributed by atoms with Crippen LogP contribution >= 0.6 is 46.6 Å². The van der Waals surface area contributed by atoms with Gasteiger partial charge in [-0.2, -0.15) is 13.2 Å². The van der Waals surface area contributed by atoms with Gasteiger partial charge >= 0.3 is 12.2 Å². The fraction of sp³-hybridized carbons (Fsp3) is 0.0476. The van der Waals surface area contributed by atoms with E-state index in [4.69, 9.17) is 34.8 Å². The lowest BCUT2D eigenvalue weighted by atomic mass is 10.2. The number of hydrogen-bond donors (Lipinski definition) is 2. The summed E-state index contributed by atoms with van der Waals surface area (Å²) >= 11 is 18.8. The normalized spacial score (nSPS) is 11.2. The predicted octanol–water partition coefficient (Wildman–Crippen LogP) is 7.92. The minimum atomic E-state index is -4.56. The molecule has 3 aromatic carbocycles. The summed E-state index contributed by atoms with van der Waals surface area (Å²) in [5, 5.41) is 4.11. The number of anilines is 1. The highest BCUT2D eigenvalue weighted by molar-refractivity contribution is 7.99. The maximum Gasteiger partial charge on any atom is 0.416 e. The summed E-state index contributed by atoms with van der Waals surface area (Å²) in [5.74, 6) is -1.70. The lowest BCUT2D eigenvalue weighted by Crippen LogP contribution is -2.34. The van der Waals surface area contributed by atoms with Gasteiger partial charge in [0.1, 0.15) is 5.82 Å². The standard InChI is InChI=1S/C21H11Cl3F4N2O2S/c22-12-4-2-1-3-11(12)19(31)30-20(32)29-16-8-14(24)18(9-15(16)25)33-17-6-5-10(7-13(17)23)21(26,27)28/h1-9H,(H2,29,30,31,32). The van der Waals surface area contributed by atoms with Gasteiger partial charge in [0.15, 0.2) is 0 Å². The number of hydrogen-bond acceptors (Lipinski definition) is 3. The molecule has 3 amide bonds. The Morgan fingerprint density at radius 1 is 0.848 bits per heavy atom. The Kier molecular flexibility index (Phi) is 7.79. The molecule has 0 atom stereocenters. The van der Waals surface area contributed by atoms with E-state index < -0.39 is 29.5 Å². The number of benzene rings is 3. The van der Waals surface area contributed by atoms with E-state index in [0.717, 1.165) is 42.1 Å². The Bertz CT molecular complexity index is 1240. The molecule has 0 fully saturated rings. The molecule has 12 heteroatoms. The monoisotopic (exact) mass is 536 g/mol. The third-order valence-electron chi connectivity index (χ3n) is 4.09. The number of amides is 3. The van der Waals surface area contributed by atoms with E-state index in [1.165, 1.54) is 12.1 Å². The van der Waals surface area contributed by atoms with Gasteiger partial charge < -0.3 is 5.32 Å². The fourth-order valence-corrected chi connectivity index (χ4v) is 4.20. The van der Waals surface area contributed by atoms with E-state index in [2.05, 4.69) is 5.32 Å². The van der Waals surface area contributed by atoms with Crippen LogP contribution in [0.4, 0.5) is 28.0 Å². The molecule has 33 heavy (non-hydrogen) atoms. The number of nitrogens with one attached hydrogen (secondary N) is 2. The molecule has 0 bridgehead atoms. The van der Waals surface area contributed by atoms with Gasteiger partial charge in [-0.05, 0) is 42.5 Å². The summed E-state index contributed by atoms with van der Waals surface area (Å²) in [4.78, 5) is 24.6. The average Bonchev–Trinajstić information content (AvgIpc) is 2.72. The van der Waals surface area contributed by atoms with Gasteiger partial charge in [-0.25, -0.2) is 9.18 Å². The summed E-state index contributed by atoms with van der Waals surface area (Å²) in [6.45, 7) is 0. The van der Waals surface area contributed by atoms with Crippen LogP contribution in [0.2, 0.25) is 15.1 Å². The third kappa shape index (κ3) is 6.32. The Hall–Kier alpha value is -2.46. The van der Waals surface area contributed by atoms with Crippen molar-refractivity contribution in [1.29, 1.82) is 0 Å². The van der Waals surface area contributed by atoms with Crippen LogP contribution in [0.5, 0.6) is 0 Å². The number of urea groups is 1. The van der Waals surface area contributed by atoms with Crippen molar-refractivity contribution < 1.29 is 27.2 Å². The first-order valence-corrected chi connectivity index (χ1v) is 10.8. The number of alkyl halides is 3. The molecule has 4 nitrogen and oxygen atoms in total. The lowest BCUT2D eigenvalue weighted by Gasteiger charge is -2.12. The van der Waals surface area contributed by atoms with Crippen LogP contribution in [0, 0.1) is 5.82 Å². The second-order valence-electron chi connectivity index (χ2n) is 6.40. The first-order chi connectivity index (χ1) is 15.5. The second-order valence-corrected chi connectivity index (χ2v) is 8.70. The molecular weight excluding hydrogens is 527 g/mol. The molecule has 0 saturated carbocycles. The Balaban J connectivity index is 1.73. The van der Waals surface area contributed by atoms with E-state index in [1.54, 1.807) is 12.1 Å². The maximum atomic E-state index is 14.5. The Morgan fingerprint density at radius 2 is 1.52 bits per heavy atom. The molecule has 3 rings (SSSR count). The molecule has 0 radical (unpaired) electrons. The molecule has 172 valence electrons. The molecular formula is C21H11Cl3F4N2O2S. The van der Waals surface area contributed by atoms with Crippen molar-refractivity contribution in [2.24, 2.45) is 0 Å². The van der Waals surface area contributed by atoms with Gasteiger partial charge in [0.05, 0.1) is 31.9 Å². The predicted molar refractivity (Wildman–Crippen MR) is 120 cm³/mol. The molecule has 0 saturated heterocycles. The Morgan fingerprint density at radius 3 is 2.15 bits per heavy atom. The molecule has 0 unspecified atom stereocenters. The van der Waals surface area contributed by atoms with Crippen LogP contribution in [-0.2, 0) is 6.18 Å². The number of halogens is 7. The van der Waals surface area contributed by atoms with E-state index in [1.807, 2.05) is 5.32 Å². The van der Waals surface area contributed by atoms with Crippen molar-refractivity contribution in [1.82, 2.24) is 5.32 Å². The van der Waals surface area contributed by atoms with Crippen molar-refractivity contribution in [3.63, 3.8) is 0 Å². The molecule has 0 aromatic heterocycles. The van der Waals surface area contributed by atoms with Gasteiger partial charge in [0, 0.05) is 9.79 Å². The van der Waals surface area contributed by atoms with Crippen molar-refractivity contribution in [2.45, 2.75) is 16.0 Å². The minimum Gasteiger partial charge on any atom is -0.305 e.